The van der Waals surface area contributed by atoms with Crippen molar-refractivity contribution in [2.75, 3.05) is 24.5 Å². The molecule has 2 atom stereocenters. The van der Waals surface area contributed by atoms with Crippen LogP contribution in [0.5, 0.6) is 0 Å². The Hall–Kier alpha value is -1.82. The van der Waals surface area contributed by atoms with Crippen molar-refractivity contribution in [2.24, 2.45) is 10.9 Å². The molecular weight excluding hydrogens is 254 g/mol. The maximum absolute atomic E-state index is 8.94. The summed E-state index contributed by atoms with van der Waals surface area (Å²) < 4.78 is 0. The van der Waals surface area contributed by atoms with Gasteiger partial charge in [0.1, 0.15) is 5.82 Å². The summed E-state index contributed by atoms with van der Waals surface area (Å²) >= 11 is 0. The molecule has 0 aromatic carbocycles. The van der Waals surface area contributed by atoms with Gasteiger partial charge in [0.2, 0.25) is 0 Å². The van der Waals surface area contributed by atoms with E-state index in [2.05, 4.69) is 26.9 Å². The van der Waals surface area contributed by atoms with Crippen molar-refractivity contribution in [3.63, 3.8) is 0 Å². The summed E-state index contributed by atoms with van der Waals surface area (Å²) in [5.74, 6) is 0.941. The van der Waals surface area contributed by atoms with Gasteiger partial charge < -0.3 is 15.8 Å². The first-order valence-electron chi connectivity index (χ1n) is 7.14. The first kappa shape index (κ1) is 13.2. The number of fused-ring (bicyclic) bond motifs is 1. The SMILES string of the molecule is CC1CN2CCCC2CN1c1ncccc1/C(N)=N/O. The van der Waals surface area contributed by atoms with Crippen LogP contribution in [0.3, 0.4) is 0 Å². The van der Waals surface area contributed by atoms with Crippen LogP contribution in [0.25, 0.3) is 0 Å². The third-order valence-corrected chi connectivity index (χ3v) is 4.38. The number of nitrogens with two attached hydrogens (primary N) is 1. The highest BCUT2D eigenvalue weighted by Gasteiger charge is 2.35. The van der Waals surface area contributed by atoms with Gasteiger partial charge in [-0.3, -0.25) is 4.90 Å². The lowest BCUT2D eigenvalue weighted by Crippen LogP contribution is -2.55. The number of nitrogens with zero attached hydrogens (tertiary/aromatic N) is 4. The Bertz CT molecular complexity index is 518. The van der Waals surface area contributed by atoms with Crippen LogP contribution in [0.4, 0.5) is 5.82 Å². The Morgan fingerprint density at radius 3 is 3.15 bits per heavy atom. The summed E-state index contributed by atoms with van der Waals surface area (Å²) in [6.45, 7) is 5.43. The van der Waals surface area contributed by atoms with Crippen LogP contribution in [0, 0.1) is 0 Å². The van der Waals surface area contributed by atoms with Gasteiger partial charge in [0.05, 0.1) is 5.56 Å². The summed E-state index contributed by atoms with van der Waals surface area (Å²) in [6.07, 6.45) is 4.28. The number of piperazine rings is 1. The Morgan fingerprint density at radius 1 is 1.50 bits per heavy atom. The van der Waals surface area contributed by atoms with E-state index in [1.165, 1.54) is 19.4 Å². The molecule has 0 spiro atoms. The average Bonchev–Trinajstić information content (AvgIpc) is 2.92. The van der Waals surface area contributed by atoms with Crippen molar-refractivity contribution in [3.8, 4) is 0 Å². The molecule has 6 heteroatoms. The van der Waals surface area contributed by atoms with Gasteiger partial charge in [0.15, 0.2) is 5.84 Å². The quantitative estimate of drug-likeness (QED) is 0.362. The molecule has 3 heterocycles. The number of amidine groups is 1. The Labute approximate surface area is 118 Å². The van der Waals surface area contributed by atoms with Crippen LogP contribution in [-0.2, 0) is 0 Å². The zero-order valence-corrected chi connectivity index (χ0v) is 11.7. The fraction of sp³-hybridized carbons (Fsp3) is 0.571. The maximum Gasteiger partial charge on any atom is 0.173 e. The molecule has 6 nitrogen and oxygen atoms in total. The van der Waals surface area contributed by atoms with E-state index in [1.54, 1.807) is 6.20 Å². The molecule has 108 valence electrons. The van der Waals surface area contributed by atoms with Crippen molar-refractivity contribution in [3.05, 3.63) is 23.9 Å². The number of anilines is 1. The molecule has 3 rings (SSSR count). The number of hydrogen-bond donors (Lipinski definition) is 2. The largest absolute Gasteiger partial charge is 0.409 e. The van der Waals surface area contributed by atoms with Gasteiger partial charge in [-0.25, -0.2) is 4.98 Å². The Balaban J connectivity index is 1.92. The van der Waals surface area contributed by atoms with Crippen molar-refractivity contribution < 1.29 is 5.21 Å². The minimum Gasteiger partial charge on any atom is -0.409 e. The highest BCUT2D eigenvalue weighted by Crippen LogP contribution is 2.29. The predicted octanol–water partition coefficient (Wildman–Crippen LogP) is 0.849. The number of hydrogen-bond acceptors (Lipinski definition) is 5. The van der Waals surface area contributed by atoms with Gasteiger partial charge in [0, 0.05) is 31.4 Å². The molecule has 2 unspecified atom stereocenters. The molecular formula is C14H21N5O. The van der Waals surface area contributed by atoms with Crippen molar-refractivity contribution >= 4 is 11.7 Å². The minimum absolute atomic E-state index is 0.120. The van der Waals surface area contributed by atoms with E-state index in [9.17, 15) is 0 Å². The highest BCUT2D eigenvalue weighted by molar-refractivity contribution is 6.01. The fourth-order valence-electron chi connectivity index (χ4n) is 3.36. The van der Waals surface area contributed by atoms with Crippen LogP contribution in [0.15, 0.2) is 23.5 Å². The number of aromatic nitrogens is 1. The summed E-state index contributed by atoms with van der Waals surface area (Å²) in [5, 5.41) is 12.1. The number of oxime groups is 1. The van der Waals surface area contributed by atoms with Crippen LogP contribution in [0.2, 0.25) is 0 Å². The van der Waals surface area contributed by atoms with Crippen molar-refractivity contribution in [2.45, 2.75) is 31.8 Å². The smallest absolute Gasteiger partial charge is 0.173 e. The molecule has 2 aliphatic rings. The van der Waals surface area contributed by atoms with E-state index in [0.717, 1.165) is 18.9 Å². The molecule has 1 aromatic rings. The van der Waals surface area contributed by atoms with Crippen molar-refractivity contribution in [1.82, 2.24) is 9.88 Å². The molecule has 1 aromatic heterocycles. The third kappa shape index (κ3) is 2.20. The van der Waals surface area contributed by atoms with Gasteiger partial charge in [-0.15, -0.1) is 0 Å². The molecule has 0 aliphatic carbocycles. The van der Waals surface area contributed by atoms with E-state index in [0.29, 0.717) is 17.6 Å². The minimum atomic E-state index is 0.120. The fourth-order valence-corrected chi connectivity index (χ4v) is 3.36. The van der Waals surface area contributed by atoms with E-state index in [1.807, 2.05) is 12.1 Å². The summed E-state index contributed by atoms with van der Waals surface area (Å²) in [7, 11) is 0. The Kier molecular flexibility index (Phi) is 3.48. The zero-order chi connectivity index (χ0) is 14.1. The third-order valence-electron chi connectivity index (χ3n) is 4.38. The molecule has 3 N–H and O–H groups in total. The lowest BCUT2D eigenvalue weighted by atomic mass is 10.1. The molecule has 2 saturated heterocycles. The molecule has 0 radical (unpaired) electrons. The normalized spacial score (nSPS) is 27.6. The molecule has 2 fully saturated rings. The summed E-state index contributed by atoms with van der Waals surface area (Å²) in [5.41, 5.74) is 6.48. The van der Waals surface area contributed by atoms with Crippen LogP contribution in [0.1, 0.15) is 25.3 Å². The first-order chi connectivity index (χ1) is 9.70. The average molecular weight is 275 g/mol. The van der Waals surface area contributed by atoms with E-state index in [4.69, 9.17) is 10.9 Å². The van der Waals surface area contributed by atoms with Crippen molar-refractivity contribution in [1.29, 1.82) is 0 Å². The van der Waals surface area contributed by atoms with Crippen LogP contribution < -0.4 is 10.6 Å². The van der Waals surface area contributed by atoms with E-state index < -0.39 is 0 Å². The highest BCUT2D eigenvalue weighted by atomic mass is 16.4. The topological polar surface area (TPSA) is 78.0 Å². The molecule has 2 aliphatic heterocycles. The van der Waals surface area contributed by atoms with E-state index >= 15 is 0 Å². The monoisotopic (exact) mass is 275 g/mol. The lowest BCUT2D eigenvalue weighted by molar-refractivity contribution is 0.202. The van der Waals surface area contributed by atoms with Crippen LogP contribution in [-0.4, -0.2) is 52.6 Å². The van der Waals surface area contributed by atoms with Gasteiger partial charge in [-0.1, -0.05) is 5.16 Å². The standard InChI is InChI=1S/C14H21N5O/c1-10-8-18-7-3-4-11(18)9-19(10)14-12(13(15)17-20)5-2-6-16-14/h2,5-6,10-11,20H,3-4,7-9H2,1H3,(H2,15,17). The van der Waals surface area contributed by atoms with Gasteiger partial charge >= 0.3 is 0 Å². The van der Waals surface area contributed by atoms with Crippen LogP contribution >= 0.6 is 0 Å². The summed E-state index contributed by atoms with van der Waals surface area (Å²) in [6, 6.07) is 4.65. The van der Waals surface area contributed by atoms with Gasteiger partial charge in [-0.2, -0.15) is 0 Å². The second kappa shape index (κ2) is 5.28. The zero-order valence-electron chi connectivity index (χ0n) is 11.7. The predicted molar refractivity (Wildman–Crippen MR) is 78.2 cm³/mol. The second-order valence-corrected chi connectivity index (χ2v) is 5.65. The molecule has 0 amide bonds. The molecule has 0 saturated carbocycles. The molecule has 0 bridgehead atoms. The number of rotatable bonds is 2. The first-order valence-corrected chi connectivity index (χ1v) is 7.14. The Morgan fingerprint density at radius 2 is 2.35 bits per heavy atom. The maximum atomic E-state index is 8.94. The second-order valence-electron chi connectivity index (χ2n) is 5.65. The summed E-state index contributed by atoms with van der Waals surface area (Å²) in [4.78, 5) is 9.33. The van der Waals surface area contributed by atoms with E-state index in [-0.39, 0.29) is 5.84 Å². The van der Waals surface area contributed by atoms with Gasteiger partial charge in [0.25, 0.3) is 0 Å². The molecule has 20 heavy (non-hydrogen) atoms. The lowest BCUT2D eigenvalue weighted by Gasteiger charge is -2.43. The number of pyridine rings is 1. The van der Waals surface area contributed by atoms with Gasteiger partial charge in [-0.05, 0) is 38.4 Å².